The Labute approximate surface area is 131 Å². The van der Waals surface area contributed by atoms with Crippen LogP contribution in [0, 0.1) is 13.8 Å². The predicted molar refractivity (Wildman–Crippen MR) is 82.2 cm³/mol. The Bertz CT molecular complexity index is 696. The van der Waals surface area contributed by atoms with Gasteiger partial charge in [-0.25, -0.2) is 9.78 Å². The third-order valence-electron chi connectivity index (χ3n) is 2.85. The number of rotatable bonds is 4. The Hall–Kier alpha value is -1.72. The summed E-state index contributed by atoms with van der Waals surface area (Å²) in [5.74, 6) is -0.814. The average molecular weight is 324 g/mol. The number of hydrogen-bond donors (Lipinski definition) is 0. The molecule has 2 aromatic rings. The van der Waals surface area contributed by atoms with E-state index in [1.54, 1.807) is 38.1 Å². The molecule has 1 atom stereocenters. The first-order chi connectivity index (χ1) is 9.88. The number of aryl methyl sites for hydroxylation is 2. The van der Waals surface area contributed by atoms with Crippen molar-refractivity contribution in [3.05, 3.63) is 50.4 Å². The molecule has 0 aliphatic carbocycles. The van der Waals surface area contributed by atoms with Crippen LogP contribution in [0.25, 0.3) is 0 Å². The first-order valence-corrected chi connectivity index (χ1v) is 7.52. The minimum absolute atomic E-state index is 0.287. The van der Waals surface area contributed by atoms with E-state index in [2.05, 4.69) is 4.98 Å². The van der Waals surface area contributed by atoms with Crippen molar-refractivity contribution in [2.24, 2.45) is 0 Å². The minimum atomic E-state index is -0.877. The van der Waals surface area contributed by atoms with Crippen molar-refractivity contribution in [1.29, 1.82) is 0 Å². The second-order valence-corrected chi connectivity index (χ2v) is 6.21. The lowest BCUT2D eigenvalue weighted by Gasteiger charge is -2.12. The number of carbonyl (C=O) groups excluding carboxylic acids is 2. The number of nitrogens with zero attached hydrogens (tertiary/aromatic N) is 1. The lowest BCUT2D eigenvalue weighted by molar-refractivity contribution is 0.0322. The number of thiazole rings is 1. The fourth-order valence-corrected chi connectivity index (χ4v) is 2.86. The van der Waals surface area contributed by atoms with Crippen LogP contribution in [-0.2, 0) is 4.74 Å². The molecule has 0 saturated heterocycles. The van der Waals surface area contributed by atoms with Crippen molar-refractivity contribution in [2.75, 3.05) is 0 Å². The summed E-state index contributed by atoms with van der Waals surface area (Å²) < 4.78 is 5.23. The van der Waals surface area contributed by atoms with E-state index in [0.717, 1.165) is 5.01 Å². The van der Waals surface area contributed by atoms with Gasteiger partial charge in [0, 0.05) is 10.6 Å². The number of esters is 1. The van der Waals surface area contributed by atoms with Gasteiger partial charge in [-0.2, -0.15) is 0 Å². The van der Waals surface area contributed by atoms with Gasteiger partial charge in [0.2, 0.25) is 5.78 Å². The molecule has 1 heterocycles. The molecule has 0 saturated carbocycles. The van der Waals surface area contributed by atoms with Crippen LogP contribution in [0.2, 0.25) is 5.02 Å². The van der Waals surface area contributed by atoms with Crippen LogP contribution in [0.15, 0.2) is 24.3 Å². The van der Waals surface area contributed by atoms with Gasteiger partial charge in [0.25, 0.3) is 0 Å². The summed E-state index contributed by atoms with van der Waals surface area (Å²) in [5.41, 5.74) is 1.03. The quantitative estimate of drug-likeness (QED) is 0.633. The number of hydrogen-bond acceptors (Lipinski definition) is 5. The maximum atomic E-state index is 12.2. The molecule has 0 aliphatic heterocycles. The molecule has 0 fully saturated rings. The molecule has 1 aromatic heterocycles. The summed E-state index contributed by atoms with van der Waals surface area (Å²) in [6.45, 7) is 5.10. The van der Waals surface area contributed by atoms with Crippen LogP contribution in [0.3, 0.4) is 0 Å². The zero-order chi connectivity index (χ0) is 15.6. The lowest BCUT2D eigenvalue weighted by Crippen LogP contribution is -2.24. The number of carbonyl (C=O) groups is 2. The highest BCUT2D eigenvalue weighted by Gasteiger charge is 2.23. The van der Waals surface area contributed by atoms with E-state index in [4.69, 9.17) is 16.3 Å². The number of ketones is 1. The number of ether oxygens (including phenoxy) is 1. The summed E-state index contributed by atoms with van der Waals surface area (Å²) in [7, 11) is 0. The van der Waals surface area contributed by atoms with Crippen molar-refractivity contribution in [1.82, 2.24) is 4.98 Å². The Morgan fingerprint density at radius 3 is 2.62 bits per heavy atom. The van der Waals surface area contributed by atoms with Crippen LogP contribution >= 0.6 is 22.9 Å². The minimum Gasteiger partial charge on any atom is -0.450 e. The molecule has 0 amide bonds. The maximum Gasteiger partial charge on any atom is 0.350 e. The Kier molecular flexibility index (Phi) is 4.75. The van der Waals surface area contributed by atoms with Gasteiger partial charge in [0.1, 0.15) is 4.88 Å². The molecule has 1 aromatic carbocycles. The van der Waals surface area contributed by atoms with E-state index in [1.807, 2.05) is 6.92 Å². The van der Waals surface area contributed by atoms with Crippen LogP contribution in [-0.4, -0.2) is 22.8 Å². The largest absolute Gasteiger partial charge is 0.450 e. The standard InChI is InChI=1S/C15H14ClNO3S/c1-8-14(21-10(3)17-8)15(19)20-9(2)13(18)11-5-4-6-12(16)7-11/h4-7,9H,1-3H3/t9-/m0/s1. The van der Waals surface area contributed by atoms with Crippen LogP contribution in [0.4, 0.5) is 0 Å². The van der Waals surface area contributed by atoms with E-state index in [0.29, 0.717) is 21.2 Å². The number of Topliss-reactive ketones (excluding diaryl/α,β-unsaturated/α-hetero) is 1. The first kappa shape index (κ1) is 15.7. The third kappa shape index (κ3) is 3.68. The van der Waals surface area contributed by atoms with Crippen molar-refractivity contribution >= 4 is 34.7 Å². The maximum absolute atomic E-state index is 12.2. The first-order valence-electron chi connectivity index (χ1n) is 6.33. The molecule has 4 nitrogen and oxygen atoms in total. The van der Waals surface area contributed by atoms with Gasteiger partial charge in [-0.1, -0.05) is 23.7 Å². The molecular weight excluding hydrogens is 310 g/mol. The van der Waals surface area contributed by atoms with Crippen molar-refractivity contribution < 1.29 is 14.3 Å². The molecule has 2 rings (SSSR count). The normalized spacial score (nSPS) is 12.0. The summed E-state index contributed by atoms with van der Waals surface area (Å²) in [4.78, 5) is 28.9. The molecular formula is C15H14ClNO3S. The molecule has 6 heteroatoms. The number of halogens is 1. The van der Waals surface area contributed by atoms with Gasteiger partial charge in [-0.3, -0.25) is 4.79 Å². The van der Waals surface area contributed by atoms with Crippen LogP contribution < -0.4 is 0 Å². The van der Waals surface area contributed by atoms with E-state index in [9.17, 15) is 9.59 Å². The fourth-order valence-electron chi connectivity index (χ4n) is 1.86. The Balaban J connectivity index is 2.10. The van der Waals surface area contributed by atoms with Gasteiger partial charge in [-0.15, -0.1) is 11.3 Å². The predicted octanol–water partition coefficient (Wildman–Crippen LogP) is 3.84. The molecule has 21 heavy (non-hydrogen) atoms. The van der Waals surface area contributed by atoms with Gasteiger partial charge >= 0.3 is 5.97 Å². The highest BCUT2D eigenvalue weighted by molar-refractivity contribution is 7.13. The molecule has 0 N–H and O–H groups in total. The topological polar surface area (TPSA) is 56.3 Å². The van der Waals surface area contributed by atoms with E-state index >= 15 is 0 Å². The summed E-state index contributed by atoms with van der Waals surface area (Å²) >= 11 is 7.11. The van der Waals surface area contributed by atoms with Crippen molar-refractivity contribution in [3.8, 4) is 0 Å². The molecule has 110 valence electrons. The number of aromatic nitrogens is 1. The number of benzene rings is 1. The van der Waals surface area contributed by atoms with Gasteiger partial charge in [0.15, 0.2) is 6.10 Å². The summed E-state index contributed by atoms with van der Waals surface area (Å²) in [6, 6.07) is 6.55. The van der Waals surface area contributed by atoms with Gasteiger partial charge in [0.05, 0.1) is 10.7 Å². The molecule has 0 aliphatic rings. The molecule has 0 unspecified atom stereocenters. The monoisotopic (exact) mass is 323 g/mol. The zero-order valence-corrected chi connectivity index (χ0v) is 13.4. The average Bonchev–Trinajstić information content (AvgIpc) is 2.76. The Morgan fingerprint density at radius 2 is 2.05 bits per heavy atom. The fraction of sp³-hybridized carbons (Fsp3) is 0.267. The van der Waals surface area contributed by atoms with Gasteiger partial charge in [-0.05, 0) is 32.9 Å². The SMILES string of the molecule is Cc1nc(C)c(C(=O)O[C@@H](C)C(=O)c2cccc(Cl)c2)s1. The van der Waals surface area contributed by atoms with Crippen molar-refractivity contribution in [3.63, 3.8) is 0 Å². The van der Waals surface area contributed by atoms with Crippen LogP contribution in [0.1, 0.15) is 37.7 Å². The van der Waals surface area contributed by atoms with Gasteiger partial charge < -0.3 is 4.74 Å². The molecule has 0 spiro atoms. The van der Waals surface area contributed by atoms with E-state index in [-0.39, 0.29) is 5.78 Å². The Morgan fingerprint density at radius 1 is 1.33 bits per heavy atom. The second-order valence-electron chi connectivity index (χ2n) is 4.57. The third-order valence-corrected chi connectivity index (χ3v) is 4.14. The highest BCUT2D eigenvalue weighted by atomic mass is 35.5. The zero-order valence-electron chi connectivity index (χ0n) is 11.8. The van der Waals surface area contributed by atoms with Crippen LogP contribution in [0.5, 0.6) is 0 Å². The van der Waals surface area contributed by atoms with E-state index < -0.39 is 12.1 Å². The lowest BCUT2D eigenvalue weighted by atomic mass is 10.1. The molecule has 0 bridgehead atoms. The van der Waals surface area contributed by atoms with Crippen molar-refractivity contribution in [2.45, 2.75) is 26.9 Å². The smallest absolute Gasteiger partial charge is 0.350 e. The summed E-state index contributed by atoms with van der Waals surface area (Å²) in [6.07, 6.45) is -0.877. The molecule has 0 radical (unpaired) electrons. The second kappa shape index (κ2) is 6.37. The summed E-state index contributed by atoms with van der Waals surface area (Å²) in [5, 5.41) is 1.25. The van der Waals surface area contributed by atoms with E-state index in [1.165, 1.54) is 11.3 Å². The highest BCUT2D eigenvalue weighted by Crippen LogP contribution is 2.20.